The lowest BCUT2D eigenvalue weighted by Crippen LogP contribution is -2.35. The van der Waals surface area contributed by atoms with Crippen LogP contribution in [0.1, 0.15) is 20.8 Å². The Kier molecular flexibility index (Phi) is 6.93. The molecule has 0 radical (unpaired) electrons. The van der Waals surface area contributed by atoms with Crippen molar-refractivity contribution in [3.8, 4) is 0 Å². The summed E-state index contributed by atoms with van der Waals surface area (Å²) in [7, 11) is 1.77. The molecule has 1 amide bonds. The fourth-order valence-electron chi connectivity index (χ4n) is 0.978. The fraction of sp³-hybridized carbons (Fsp3) is 0.900. The average molecular weight is 222 g/mol. The van der Waals surface area contributed by atoms with E-state index in [4.69, 9.17) is 16.3 Å². The summed E-state index contributed by atoms with van der Waals surface area (Å²) in [6.45, 7) is 6.98. The van der Waals surface area contributed by atoms with E-state index in [2.05, 4.69) is 0 Å². The quantitative estimate of drug-likeness (QED) is 0.640. The van der Waals surface area contributed by atoms with Crippen molar-refractivity contribution in [2.45, 2.75) is 26.9 Å². The molecule has 4 heteroatoms. The van der Waals surface area contributed by atoms with E-state index >= 15 is 0 Å². The van der Waals surface area contributed by atoms with Crippen LogP contribution in [0.15, 0.2) is 0 Å². The smallest absolute Gasteiger partial charge is 0.226 e. The van der Waals surface area contributed by atoms with Gasteiger partial charge in [0.2, 0.25) is 5.91 Å². The Morgan fingerprint density at radius 1 is 1.43 bits per heavy atom. The summed E-state index contributed by atoms with van der Waals surface area (Å²) in [6, 6.07) is 0. The Morgan fingerprint density at radius 2 is 2.00 bits per heavy atom. The van der Waals surface area contributed by atoms with Gasteiger partial charge in [0.15, 0.2) is 0 Å². The highest BCUT2D eigenvalue weighted by atomic mass is 35.5. The molecule has 1 atom stereocenters. The number of carbonyl (C=O) groups is 1. The first-order valence-electron chi connectivity index (χ1n) is 4.91. The van der Waals surface area contributed by atoms with E-state index in [9.17, 15) is 4.79 Å². The van der Waals surface area contributed by atoms with E-state index < -0.39 is 0 Å². The molecule has 84 valence electrons. The number of rotatable bonds is 6. The zero-order valence-corrected chi connectivity index (χ0v) is 10.2. The van der Waals surface area contributed by atoms with Crippen LogP contribution in [0.25, 0.3) is 0 Å². The lowest BCUT2D eigenvalue weighted by atomic mass is 10.2. The van der Waals surface area contributed by atoms with Crippen molar-refractivity contribution in [1.82, 2.24) is 4.90 Å². The molecular weight excluding hydrogens is 202 g/mol. The molecule has 3 nitrogen and oxygen atoms in total. The number of hydrogen-bond donors (Lipinski definition) is 0. The number of hydrogen-bond acceptors (Lipinski definition) is 2. The molecule has 0 N–H and O–H groups in total. The molecule has 0 saturated heterocycles. The van der Waals surface area contributed by atoms with Crippen molar-refractivity contribution < 1.29 is 9.53 Å². The number of likely N-dealkylation sites (N-methyl/N-ethyl adjacent to an activating group) is 1. The predicted molar refractivity (Wildman–Crippen MR) is 58.6 cm³/mol. The van der Waals surface area contributed by atoms with Crippen LogP contribution in [0.3, 0.4) is 0 Å². The molecule has 0 aliphatic heterocycles. The Labute approximate surface area is 91.4 Å². The molecule has 0 rings (SSSR count). The van der Waals surface area contributed by atoms with Gasteiger partial charge in [0, 0.05) is 25.4 Å². The maximum Gasteiger partial charge on any atom is 0.226 e. The number of amides is 1. The van der Waals surface area contributed by atoms with Gasteiger partial charge in [-0.3, -0.25) is 4.79 Å². The zero-order chi connectivity index (χ0) is 11.1. The van der Waals surface area contributed by atoms with Crippen LogP contribution in [0.4, 0.5) is 0 Å². The normalized spacial score (nSPS) is 13.0. The summed E-state index contributed by atoms with van der Waals surface area (Å²) in [5, 5.41) is 0. The van der Waals surface area contributed by atoms with Gasteiger partial charge < -0.3 is 9.64 Å². The van der Waals surface area contributed by atoms with Gasteiger partial charge in [-0.1, -0.05) is 6.92 Å². The third kappa shape index (κ3) is 5.45. The Balaban J connectivity index is 3.73. The lowest BCUT2D eigenvalue weighted by Gasteiger charge is -2.20. The third-order valence-electron chi connectivity index (χ3n) is 1.91. The second-order valence-electron chi connectivity index (χ2n) is 3.73. The molecule has 0 aliphatic carbocycles. The Bertz CT molecular complexity index is 174. The van der Waals surface area contributed by atoms with Crippen molar-refractivity contribution in [2.75, 3.05) is 26.1 Å². The minimum Gasteiger partial charge on any atom is -0.377 e. The summed E-state index contributed by atoms with van der Waals surface area (Å²) >= 11 is 5.60. The summed E-state index contributed by atoms with van der Waals surface area (Å²) in [5.41, 5.74) is 0. The van der Waals surface area contributed by atoms with Crippen molar-refractivity contribution in [2.24, 2.45) is 5.92 Å². The lowest BCUT2D eigenvalue weighted by molar-refractivity contribution is -0.133. The van der Waals surface area contributed by atoms with Crippen molar-refractivity contribution in [3.05, 3.63) is 0 Å². The van der Waals surface area contributed by atoms with Gasteiger partial charge in [0.05, 0.1) is 12.7 Å². The monoisotopic (exact) mass is 221 g/mol. The largest absolute Gasteiger partial charge is 0.377 e. The molecule has 0 spiro atoms. The van der Waals surface area contributed by atoms with E-state index in [1.165, 1.54) is 0 Å². The second-order valence-corrected chi connectivity index (χ2v) is 4.04. The van der Waals surface area contributed by atoms with Gasteiger partial charge in [-0.05, 0) is 13.8 Å². The highest BCUT2D eigenvalue weighted by Gasteiger charge is 2.15. The van der Waals surface area contributed by atoms with E-state index in [0.717, 1.165) is 0 Å². The van der Waals surface area contributed by atoms with Crippen LogP contribution in [-0.2, 0) is 9.53 Å². The second kappa shape index (κ2) is 7.07. The first kappa shape index (κ1) is 13.7. The number of ether oxygens (including phenoxy) is 1. The molecule has 0 bridgehead atoms. The van der Waals surface area contributed by atoms with Crippen LogP contribution < -0.4 is 0 Å². The molecular formula is C10H20ClNO2. The van der Waals surface area contributed by atoms with Crippen LogP contribution in [0.5, 0.6) is 0 Å². The Morgan fingerprint density at radius 3 is 2.43 bits per heavy atom. The van der Waals surface area contributed by atoms with Gasteiger partial charge >= 0.3 is 0 Å². The minimum atomic E-state index is -0.110. The summed E-state index contributed by atoms with van der Waals surface area (Å²) in [6.07, 6.45) is 0.212. The van der Waals surface area contributed by atoms with E-state index in [-0.39, 0.29) is 17.9 Å². The van der Waals surface area contributed by atoms with Crippen LogP contribution >= 0.6 is 11.6 Å². The van der Waals surface area contributed by atoms with Gasteiger partial charge in [0.1, 0.15) is 0 Å². The van der Waals surface area contributed by atoms with Crippen molar-refractivity contribution in [3.63, 3.8) is 0 Å². The molecule has 0 aliphatic rings. The summed E-state index contributed by atoms with van der Waals surface area (Å²) in [5.74, 6) is 0.335. The summed E-state index contributed by atoms with van der Waals surface area (Å²) < 4.78 is 5.35. The topological polar surface area (TPSA) is 29.5 Å². The maximum absolute atomic E-state index is 11.5. The van der Waals surface area contributed by atoms with E-state index in [0.29, 0.717) is 19.0 Å². The highest BCUT2D eigenvalue weighted by Crippen LogP contribution is 2.02. The minimum absolute atomic E-state index is 0.0763. The van der Waals surface area contributed by atoms with Crippen LogP contribution in [0.2, 0.25) is 0 Å². The van der Waals surface area contributed by atoms with Gasteiger partial charge in [-0.25, -0.2) is 0 Å². The first-order chi connectivity index (χ1) is 6.49. The third-order valence-corrected chi connectivity index (χ3v) is 2.37. The average Bonchev–Trinajstić information content (AvgIpc) is 2.14. The molecule has 0 fully saturated rings. The van der Waals surface area contributed by atoms with Crippen molar-refractivity contribution in [1.29, 1.82) is 0 Å². The van der Waals surface area contributed by atoms with Gasteiger partial charge in [-0.2, -0.15) is 0 Å². The maximum atomic E-state index is 11.5. The Hall–Kier alpha value is -0.280. The first-order valence-corrected chi connectivity index (χ1v) is 5.45. The SMILES string of the molecule is CC(C)OCCN(C)C(=O)C(C)CCl. The molecule has 0 aromatic heterocycles. The standard InChI is InChI=1S/C10H20ClNO2/c1-8(2)14-6-5-12(4)10(13)9(3)7-11/h8-9H,5-7H2,1-4H3. The number of halogens is 1. The molecule has 0 aromatic carbocycles. The predicted octanol–water partition coefficient (Wildman–Crippen LogP) is 1.74. The molecule has 1 unspecified atom stereocenters. The highest BCUT2D eigenvalue weighted by molar-refractivity contribution is 6.19. The number of carbonyl (C=O) groups excluding carboxylic acids is 1. The zero-order valence-electron chi connectivity index (χ0n) is 9.42. The van der Waals surface area contributed by atoms with Crippen molar-refractivity contribution >= 4 is 17.5 Å². The number of alkyl halides is 1. The molecule has 14 heavy (non-hydrogen) atoms. The molecule has 0 aromatic rings. The molecule has 0 saturated carbocycles. The summed E-state index contributed by atoms with van der Waals surface area (Å²) in [4.78, 5) is 13.2. The van der Waals surface area contributed by atoms with E-state index in [1.54, 1.807) is 11.9 Å². The molecule has 0 heterocycles. The van der Waals surface area contributed by atoms with Crippen LogP contribution in [0, 0.1) is 5.92 Å². The van der Waals surface area contributed by atoms with Gasteiger partial charge in [-0.15, -0.1) is 11.6 Å². The fourth-order valence-corrected chi connectivity index (χ4v) is 1.11. The van der Waals surface area contributed by atoms with E-state index in [1.807, 2.05) is 20.8 Å². The number of nitrogens with zero attached hydrogens (tertiary/aromatic N) is 1. The van der Waals surface area contributed by atoms with Gasteiger partial charge in [0.25, 0.3) is 0 Å². The van der Waals surface area contributed by atoms with Crippen LogP contribution in [-0.4, -0.2) is 43.0 Å².